The Morgan fingerprint density at radius 3 is 1.57 bits per heavy atom. The Kier molecular flexibility index (Phi) is 60.6. The predicted octanol–water partition coefficient (Wildman–Crippen LogP) is -4.90. The minimum atomic E-state index is -1.08. The molecule has 0 atom stereocenters. The smallest absolute Gasteiger partial charge is 0.550 e. The van der Waals surface area contributed by atoms with Gasteiger partial charge in [-0.2, -0.15) is 0 Å². The van der Waals surface area contributed by atoms with Crippen LogP contribution in [0.25, 0.3) is 0 Å². The molecule has 0 aliphatic heterocycles. The van der Waals surface area contributed by atoms with Crippen LogP contribution in [0.3, 0.4) is 0 Å². The molecule has 0 amide bonds. The summed E-state index contributed by atoms with van der Waals surface area (Å²) < 4.78 is 0. The van der Waals surface area contributed by atoms with Crippen molar-refractivity contribution < 1.29 is 44.9 Å². The third-order valence-corrected chi connectivity index (χ3v) is 0. The maximum Gasteiger partial charge on any atom is 1.00 e. The van der Waals surface area contributed by atoms with E-state index in [1.165, 1.54) is 0 Å². The molecule has 0 fully saturated rings. The number of aliphatic carboxylic acids is 1. The number of rotatable bonds is 0. The molecule has 5 heteroatoms. The van der Waals surface area contributed by atoms with Crippen LogP contribution >= 0.6 is 0 Å². The van der Waals surface area contributed by atoms with Gasteiger partial charge in [-0.1, -0.05) is 0 Å². The third kappa shape index (κ3) is 810. The first kappa shape index (κ1) is 26.3. The van der Waals surface area contributed by atoms with E-state index in [1.807, 2.05) is 0 Å². The Morgan fingerprint density at radius 1 is 1.57 bits per heavy atom. The summed E-state index contributed by atoms with van der Waals surface area (Å²) in [5, 5.41) is 8.89. The molecule has 0 radical (unpaired) electrons. The second-order valence-corrected chi connectivity index (χ2v) is 0.492. The normalized spacial score (nSPS) is 3.57. The van der Waals surface area contributed by atoms with Crippen LogP contribution in [0.4, 0.5) is 0 Å². The number of carbonyl (C=O) groups excluding carboxylic acids is 1. The van der Waals surface area contributed by atoms with Crippen LogP contribution in [0.15, 0.2) is 0 Å². The van der Waals surface area contributed by atoms with E-state index >= 15 is 0 Å². The summed E-state index contributed by atoms with van der Waals surface area (Å²) in [5.74, 6) is -1.08. The van der Waals surface area contributed by atoms with Crippen molar-refractivity contribution in [3.8, 4) is 0 Å². The molecule has 0 aliphatic carbocycles. The number of hydrogen-bond donors (Lipinski definition) is 1. The molecule has 7 heavy (non-hydrogen) atoms. The van der Waals surface area contributed by atoms with Gasteiger partial charge in [0.1, 0.15) is 0 Å². The van der Waals surface area contributed by atoms with E-state index in [4.69, 9.17) is 9.90 Å². The van der Waals surface area contributed by atoms with Crippen molar-refractivity contribution in [3.63, 3.8) is 0 Å². The van der Waals surface area contributed by atoms with Crippen LogP contribution in [0.5, 0.6) is 0 Å². The molecule has 0 unspecified atom stereocenters. The second kappa shape index (κ2) is 16.2. The predicted molar refractivity (Wildman–Crippen MR) is 19.3 cm³/mol. The molecular weight excluding hydrogens is 109 g/mol. The Morgan fingerprint density at radius 2 is 1.57 bits per heavy atom. The standard InChI is InChI=1S/C2H4O2.H3N.Na.H2O/c1-2(3)4;;;/h1H3,(H,3,4);1H3;;1H2/q;;+1;/p-1. The number of hydrogen-bond acceptors (Lipinski definition) is 3. The van der Waals surface area contributed by atoms with Crippen molar-refractivity contribution in [2.45, 2.75) is 6.92 Å². The van der Waals surface area contributed by atoms with E-state index in [0.717, 1.165) is 6.92 Å². The van der Waals surface area contributed by atoms with Crippen LogP contribution < -0.4 is 40.8 Å². The van der Waals surface area contributed by atoms with Crippen LogP contribution in [0, 0.1) is 0 Å². The van der Waals surface area contributed by atoms with Crippen LogP contribution in [0.2, 0.25) is 0 Å². The first-order valence-electron chi connectivity index (χ1n) is 0.908. The van der Waals surface area contributed by atoms with Crippen molar-refractivity contribution in [3.05, 3.63) is 0 Å². The molecule has 40 valence electrons. The zero-order chi connectivity index (χ0) is 3.58. The summed E-state index contributed by atoms with van der Waals surface area (Å²) >= 11 is 0. The van der Waals surface area contributed by atoms with Crippen LogP contribution in [-0.4, -0.2) is 11.4 Å². The van der Waals surface area contributed by atoms with Gasteiger partial charge >= 0.3 is 29.6 Å². The quantitative estimate of drug-likeness (QED) is 0.321. The SMILES string of the molecule is CC(=O)[O-].N.O.[Na+]. The maximum atomic E-state index is 8.89. The summed E-state index contributed by atoms with van der Waals surface area (Å²) in [5.41, 5.74) is 0. The fourth-order valence-corrected chi connectivity index (χ4v) is 0. The van der Waals surface area contributed by atoms with Crippen molar-refractivity contribution in [2.24, 2.45) is 0 Å². The van der Waals surface area contributed by atoms with E-state index in [1.54, 1.807) is 0 Å². The molecule has 0 spiro atoms. The van der Waals surface area contributed by atoms with Crippen LogP contribution in [-0.2, 0) is 4.79 Å². The topological polar surface area (TPSA) is 107 Å². The Hall–Kier alpha value is 0.390. The van der Waals surface area contributed by atoms with Gasteiger partial charge in [0.15, 0.2) is 0 Å². The van der Waals surface area contributed by atoms with Crippen molar-refractivity contribution >= 4 is 5.97 Å². The summed E-state index contributed by atoms with van der Waals surface area (Å²) in [6, 6.07) is 0. The molecule has 0 bridgehead atoms. The van der Waals surface area contributed by atoms with Gasteiger partial charge in [0, 0.05) is 5.97 Å². The summed E-state index contributed by atoms with van der Waals surface area (Å²) in [6.07, 6.45) is 0. The molecule has 5 N–H and O–H groups in total. The van der Waals surface area contributed by atoms with Gasteiger partial charge in [-0.15, -0.1) is 0 Å². The Bertz CT molecular complexity index is 35.9. The van der Waals surface area contributed by atoms with Gasteiger partial charge in [-0.25, -0.2) is 0 Å². The monoisotopic (exact) mass is 117 g/mol. The van der Waals surface area contributed by atoms with Gasteiger partial charge in [-0.05, 0) is 6.92 Å². The first-order chi connectivity index (χ1) is 1.73. The minimum Gasteiger partial charge on any atom is -0.550 e. The number of carboxylic acids is 1. The molecule has 0 aliphatic rings. The van der Waals surface area contributed by atoms with Gasteiger partial charge in [0.2, 0.25) is 0 Å². The van der Waals surface area contributed by atoms with Gasteiger partial charge in [-0.3, -0.25) is 0 Å². The van der Waals surface area contributed by atoms with Crippen molar-refractivity contribution in [1.29, 1.82) is 0 Å². The average Bonchev–Trinajstić information content (AvgIpc) is 0.811. The minimum absolute atomic E-state index is 0. The summed E-state index contributed by atoms with van der Waals surface area (Å²) in [4.78, 5) is 8.89. The number of carbonyl (C=O) groups is 1. The van der Waals surface area contributed by atoms with E-state index in [2.05, 4.69) is 0 Å². The fraction of sp³-hybridized carbons (Fsp3) is 0.500. The maximum absolute atomic E-state index is 8.89. The van der Waals surface area contributed by atoms with Crippen LogP contribution in [0.1, 0.15) is 6.92 Å². The molecule has 0 saturated carbocycles. The Balaban J connectivity index is -0.0000000150. The summed E-state index contributed by atoms with van der Waals surface area (Å²) in [7, 11) is 0. The molecule has 0 heterocycles. The molecule has 0 aromatic heterocycles. The zero-order valence-corrected chi connectivity index (χ0v) is 6.52. The van der Waals surface area contributed by atoms with E-state index < -0.39 is 5.97 Å². The van der Waals surface area contributed by atoms with Crippen molar-refractivity contribution in [1.82, 2.24) is 6.15 Å². The molecule has 4 nitrogen and oxygen atoms in total. The van der Waals surface area contributed by atoms with Gasteiger partial charge < -0.3 is 21.5 Å². The van der Waals surface area contributed by atoms with E-state index in [-0.39, 0.29) is 41.2 Å². The molecule has 0 saturated heterocycles. The zero-order valence-electron chi connectivity index (χ0n) is 4.52. The van der Waals surface area contributed by atoms with Gasteiger partial charge in [0.05, 0.1) is 0 Å². The Labute approximate surface area is 64.1 Å². The second-order valence-electron chi connectivity index (χ2n) is 0.492. The fourth-order valence-electron chi connectivity index (χ4n) is 0. The molecule has 0 aromatic carbocycles. The van der Waals surface area contributed by atoms with E-state index in [9.17, 15) is 0 Å². The summed E-state index contributed by atoms with van der Waals surface area (Å²) in [6.45, 7) is 0.972. The first-order valence-corrected chi connectivity index (χ1v) is 0.908. The molecule has 0 rings (SSSR count). The largest absolute Gasteiger partial charge is 1.00 e. The third-order valence-electron chi connectivity index (χ3n) is 0. The average molecular weight is 117 g/mol. The van der Waals surface area contributed by atoms with Crippen molar-refractivity contribution in [2.75, 3.05) is 0 Å². The number of carboxylic acid groups (broad SMARTS) is 1. The van der Waals surface area contributed by atoms with E-state index in [0.29, 0.717) is 0 Å². The van der Waals surface area contributed by atoms with Gasteiger partial charge in [0.25, 0.3) is 0 Å². The molecular formula is C2H8NNaO3. The molecule has 0 aromatic rings.